The number of rotatable bonds is 6. The summed E-state index contributed by atoms with van der Waals surface area (Å²) in [5.41, 5.74) is 0.972. The van der Waals surface area contributed by atoms with Gasteiger partial charge in [0.1, 0.15) is 11.8 Å². The van der Waals surface area contributed by atoms with Crippen LogP contribution in [0.15, 0.2) is 101 Å². The van der Waals surface area contributed by atoms with Gasteiger partial charge in [0.05, 0.1) is 22.2 Å². The molecule has 2 aliphatic heterocycles. The summed E-state index contributed by atoms with van der Waals surface area (Å²) >= 11 is 1.90. The van der Waals surface area contributed by atoms with Gasteiger partial charge in [0.15, 0.2) is 0 Å². The number of alkyl halides is 3. The lowest BCUT2D eigenvalue weighted by atomic mass is 9.83. The normalized spacial score (nSPS) is 18.9. The van der Waals surface area contributed by atoms with Crippen LogP contribution in [0.5, 0.6) is 0 Å². The number of nitrogens with zero attached hydrogens (tertiary/aromatic N) is 3. The van der Waals surface area contributed by atoms with Crippen LogP contribution < -0.4 is 20.0 Å². The molecule has 244 valence electrons. The molecule has 1 N–H and O–H groups in total. The molecule has 3 atom stereocenters. The number of thiazole rings is 1. The van der Waals surface area contributed by atoms with Gasteiger partial charge in [-0.05, 0) is 47.3 Å². The van der Waals surface area contributed by atoms with E-state index in [1.807, 2.05) is 79.7 Å². The van der Waals surface area contributed by atoms with E-state index in [0.717, 1.165) is 62.7 Å². The van der Waals surface area contributed by atoms with Gasteiger partial charge in [-0.1, -0.05) is 77.7 Å². The summed E-state index contributed by atoms with van der Waals surface area (Å²) in [7, 11) is 3.75. The van der Waals surface area contributed by atoms with Gasteiger partial charge in [-0.15, -0.1) is 0 Å². The van der Waals surface area contributed by atoms with Crippen molar-refractivity contribution in [3.8, 4) is 0 Å². The van der Waals surface area contributed by atoms with Gasteiger partial charge in [0.25, 0.3) is 0 Å². The highest BCUT2D eigenvalue weighted by Gasteiger charge is 2.57. The lowest BCUT2D eigenvalue weighted by Gasteiger charge is -2.31. The first kappa shape index (κ1) is 31.7. The van der Waals surface area contributed by atoms with E-state index in [-0.39, 0.29) is 12.2 Å². The molecular weight excluding hydrogens is 662 g/mol. The molecule has 48 heavy (non-hydrogen) atoms. The van der Waals surface area contributed by atoms with E-state index >= 15 is 0 Å². The van der Waals surface area contributed by atoms with Gasteiger partial charge < -0.3 is 10.2 Å². The quantitative estimate of drug-likeness (QED) is 0.203. The Balaban J connectivity index is 1.28. The monoisotopic (exact) mass is 688 g/mol. The number of fused-ring (bicyclic) bond motifs is 3. The smallest absolute Gasteiger partial charge is 0.378 e. The van der Waals surface area contributed by atoms with E-state index in [1.165, 1.54) is 10.6 Å². The first-order chi connectivity index (χ1) is 22.9. The number of benzene rings is 4. The maximum atomic E-state index is 14.1. The molecule has 0 aliphatic carbocycles. The number of hydrogen-bond donors (Lipinski definition) is 1. The lowest BCUT2D eigenvalue weighted by molar-refractivity contribution is -0.137. The van der Waals surface area contributed by atoms with Gasteiger partial charge in [-0.25, -0.2) is 4.90 Å². The van der Waals surface area contributed by atoms with Gasteiger partial charge in [0.2, 0.25) is 17.7 Å². The summed E-state index contributed by atoms with van der Waals surface area (Å²) in [5.74, 6) is -3.53. The predicted octanol–water partition coefficient (Wildman–Crippen LogP) is 6.58. The molecule has 1 fully saturated rings. The van der Waals surface area contributed by atoms with Crippen LogP contribution in [0.3, 0.4) is 0 Å². The van der Waals surface area contributed by atoms with Crippen LogP contribution in [-0.2, 0) is 27.1 Å². The fourth-order valence-corrected chi connectivity index (χ4v) is 9.11. The molecule has 0 unspecified atom stereocenters. The molecule has 0 spiro atoms. The summed E-state index contributed by atoms with van der Waals surface area (Å²) in [6.45, 7) is -0.343. The molecule has 3 heterocycles. The van der Waals surface area contributed by atoms with E-state index in [4.69, 9.17) is 0 Å². The molecular formula is C35H27F3N4O4S2. The Morgan fingerprint density at radius 1 is 0.896 bits per heavy atom. The molecule has 4 aromatic carbocycles. The SMILES string of the molecule is CN(C)c1ccc([C@@H]2c3sc(=O)n(CC(=O)Nc4cccc5ccccc45)c3S[C@H]3C(=O)N(c4cccc(C(F)(F)F)c4)C(=O)[C@@H]23)cc1. The highest BCUT2D eigenvalue weighted by molar-refractivity contribution is 8.00. The number of nitrogens with one attached hydrogen (secondary N) is 1. The van der Waals surface area contributed by atoms with Gasteiger partial charge >= 0.3 is 11.0 Å². The lowest BCUT2D eigenvalue weighted by Crippen LogP contribution is -2.33. The van der Waals surface area contributed by atoms with E-state index in [9.17, 15) is 32.3 Å². The maximum Gasteiger partial charge on any atom is 0.416 e. The number of amides is 3. The largest absolute Gasteiger partial charge is 0.416 e. The van der Waals surface area contributed by atoms with Crippen LogP contribution in [0.1, 0.15) is 21.9 Å². The third kappa shape index (κ3) is 5.46. The van der Waals surface area contributed by atoms with E-state index in [2.05, 4.69) is 5.32 Å². The number of halogens is 3. The molecule has 0 bridgehead atoms. The van der Waals surface area contributed by atoms with Crippen molar-refractivity contribution in [2.45, 2.75) is 28.9 Å². The third-order valence-electron chi connectivity index (χ3n) is 8.61. The van der Waals surface area contributed by atoms with Crippen LogP contribution in [0.25, 0.3) is 10.8 Å². The Morgan fingerprint density at radius 3 is 2.33 bits per heavy atom. The highest BCUT2D eigenvalue weighted by atomic mass is 32.2. The van der Waals surface area contributed by atoms with Crippen molar-refractivity contribution in [3.63, 3.8) is 0 Å². The Labute approximate surface area is 280 Å². The Morgan fingerprint density at radius 2 is 1.60 bits per heavy atom. The minimum absolute atomic E-state index is 0.174. The number of imide groups is 1. The number of thioether (sulfide) groups is 1. The Hall–Kier alpha value is -4.88. The topological polar surface area (TPSA) is 91.7 Å². The fraction of sp³-hybridized carbons (Fsp3) is 0.200. The van der Waals surface area contributed by atoms with Gasteiger partial charge in [-0.3, -0.25) is 23.7 Å². The molecule has 1 aromatic heterocycles. The zero-order chi connectivity index (χ0) is 33.9. The summed E-state index contributed by atoms with van der Waals surface area (Å²) < 4.78 is 42.1. The molecule has 13 heteroatoms. The average molecular weight is 689 g/mol. The van der Waals surface area contributed by atoms with Crippen molar-refractivity contribution >= 4 is 68.7 Å². The number of aromatic nitrogens is 1. The van der Waals surface area contributed by atoms with Gasteiger partial charge in [0, 0.05) is 41.7 Å². The minimum atomic E-state index is -4.67. The molecule has 0 saturated carbocycles. The number of anilines is 3. The highest BCUT2D eigenvalue weighted by Crippen LogP contribution is 2.54. The first-order valence-corrected chi connectivity index (χ1v) is 16.6. The Bertz CT molecular complexity index is 2150. The van der Waals surface area contributed by atoms with Crippen molar-refractivity contribution in [3.05, 3.63) is 117 Å². The van der Waals surface area contributed by atoms with Crippen LogP contribution in [0.2, 0.25) is 0 Å². The van der Waals surface area contributed by atoms with Crippen molar-refractivity contribution in [1.29, 1.82) is 0 Å². The number of carbonyl (C=O) groups excluding carboxylic acids is 3. The van der Waals surface area contributed by atoms with E-state index in [1.54, 1.807) is 6.07 Å². The van der Waals surface area contributed by atoms with Crippen LogP contribution in [0.4, 0.5) is 30.2 Å². The van der Waals surface area contributed by atoms with Crippen molar-refractivity contribution in [2.75, 3.05) is 29.2 Å². The summed E-state index contributed by atoms with van der Waals surface area (Å²) in [6, 6.07) is 24.6. The summed E-state index contributed by atoms with van der Waals surface area (Å²) in [4.78, 5) is 57.8. The number of hydrogen-bond acceptors (Lipinski definition) is 7. The van der Waals surface area contributed by atoms with Gasteiger partial charge in [-0.2, -0.15) is 13.2 Å². The van der Waals surface area contributed by atoms with Crippen LogP contribution in [0, 0.1) is 5.92 Å². The van der Waals surface area contributed by atoms with Crippen LogP contribution in [-0.4, -0.2) is 41.6 Å². The fourth-order valence-electron chi connectivity index (χ4n) is 6.34. The molecule has 2 aliphatic rings. The molecule has 8 nitrogen and oxygen atoms in total. The second-order valence-electron chi connectivity index (χ2n) is 11.8. The first-order valence-electron chi connectivity index (χ1n) is 14.9. The average Bonchev–Trinajstić information content (AvgIpc) is 3.50. The molecule has 0 radical (unpaired) electrons. The van der Waals surface area contributed by atoms with E-state index < -0.39 is 51.4 Å². The van der Waals surface area contributed by atoms with Crippen LogP contribution >= 0.6 is 23.1 Å². The zero-order valence-corrected chi connectivity index (χ0v) is 27.2. The second-order valence-corrected chi connectivity index (χ2v) is 13.9. The van der Waals surface area contributed by atoms with E-state index in [0.29, 0.717) is 21.2 Å². The standard InChI is InChI=1S/C35H27F3N4O4S2/c1-40(2)22-15-13-20(14-16-22)27-28-29(32(45)42(31(28)44)23-10-6-9-21(17-23)35(36,37)38)47-33-30(27)48-34(46)41(33)18-26(43)39-25-12-5-8-19-7-3-4-11-24(19)25/h3-17,27-29H,18H2,1-2H3,(H,39,43)/t27-,28-,29+/m0/s1. The number of carbonyl (C=O) groups is 3. The molecule has 5 aromatic rings. The third-order valence-corrected chi connectivity index (χ3v) is 11.2. The molecule has 7 rings (SSSR count). The van der Waals surface area contributed by atoms with Crippen molar-refractivity contribution < 1.29 is 27.6 Å². The summed E-state index contributed by atoms with van der Waals surface area (Å²) in [6.07, 6.45) is -4.67. The van der Waals surface area contributed by atoms with Crippen molar-refractivity contribution in [1.82, 2.24) is 4.57 Å². The molecule has 1 saturated heterocycles. The zero-order valence-electron chi connectivity index (χ0n) is 25.5. The second kappa shape index (κ2) is 12.0. The van der Waals surface area contributed by atoms with Crippen molar-refractivity contribution in [2.24, 2.45) is 5.92 Å². The maximum absolute atomic E-state index is 14.1. The molecule has 3 amide bonds. The summed E-state index contributed by atoms with van der Waals surface area (Å²) in [5, 5.41) is 4.00. The predicted molar refractivity (Wildman–Crippen MR) is 181 cm³/mol. The Kier molecular flexibility index (Phi) is 7.91. The minimum Gasteiger partial charge on any atom is -0.378 e.